The Balaban J connectivity index is 3.62. The summed E-state index contributed by atoms with van der Waals surface area (Å²) in [7, 11) is -3.35. The molecule has 0 spiro atoms. The molecule has 0 saturated heterocycles. The Morgan fingerprint density at radius 2 is 1.77 bits per heavy atom. The van der Waals surface area contributed by atoms with E-state index in [1.54, 1.807) is 13.0 Å². The van der Waals surface area contributed by atoms with Crippen molar-refractivity contribution in [3.05, 3.63) is 27.7 Å². The highest BCUT2D eigenvalue weighted by Crippen LogP contribution is 2.31. The van der Waals surface area contributed by atoms with Crippen molar-refractivity contribution in [1.82, 2.24) is 0 Å². The average Bonchev–Trinajstić information content (AvgIpc) is 1.95. The fourth-order valence-corrected chi connectivity index (χ4v) is 3.09. The maximum absolute atomic E-state index is 11.3. The van der Waals surface area contributed by atoms with E-state index in [9.17, 15) is 8.42 Å². The van der Waals surface area contributed by atoms with Crippen LogP contribution in [-0.2, 0) is 9.84 Å². The first-order valence-electron chi connectivity index (χ1n) is 3.48. The molecule has 5 heteroatoms. The molecule has 0 heterocycles. The standard InChI is InChI=1S/C8H8Cl2O2S/c1-5-3-4-6(9)8(7(5)10)13(2,11)12/h3-4H,1-2H3. The van der Waals surface area contributed by atoms with Crippen molar-refractivity contribution in [2.24, 2.45) is 0 Å². The van der Waals surface area contributed by atoms with Crippen molar-refractivity contribution < 1.29 is 8.42 Å². The molecule has 1 aromatic carbocycles. The van der Waals surface area contributed by atoms with Gasteiger partial charge in [0.05, 0.1) is 10.0 Å². The predicted octanol–water partition coefficient (Wildman–Crippen LogP) is 2.71. The van der Waals surface area contributed by atoms with Crippen molar-refractivity contribution >= 4 is 33.0 Å². The molecule has 0 fully saturated rings. The lowest BCUT2D eigenvalue weighted by Crippen LogP contribution is -2.00. The van der Waals surface area contributed by atoms with Gasteiger partial charge in [0.15, 0.2) is 9.84 Å². The summed E-state index contributed by atoms with van der Waals surface area (Å²) in [5.41, 5.74) is 0.700. The molecule has 0 N–H and O–H groups in total. The zero-order chi connectivity index (χ0) is 10.2. The fraction of sp³-hybridized carbons (Fsp3) is 0.250. The van der Waals surface area contributed by atoms with Gasteiger partial charge in [0.2, 0.25) is 0 Å². The summed E-state index contributed by atoms with van der Waals surface area (Å²) in [5.74, 6) is 0. The van der Waals surface area contributed by atoms with E-state index in [0.717, 1.165) is 6.26 Å². The van der Waals surface area contributed by atoms with E-state index in [1.165, 1.54) is 6.07 Å². The van der Waals surface area contributed by atoms with Gasteiger partial charge in [-0.1, -0.05) is 29.3 Å². The van der Waals surface area contributed by atoms with E-state index in [0.29, 0.717) is 5.56 Å². The minimum Gasteiger partial charge on any atom is -0.224 e. The molecule has 13 heavy (non-hydrogen) atoms. The molecule has 1 rings (SSSR count). The Morgan fingerprint density at radius 1 is 1.23 bits per heavy atom. The van der Waals surface area contributed by atoms with Gasteiger partial charge < -0.3 is 0 Å². The zero-order valence-electron chi connectivity index (χ0n) is 7.14. The van der Waals surface area contributed by atoms with Crippen LogP contribution >= 0.6 is 23.2 Å². The van der Waals surface area contributed by atoms with Gasteiger partial charge in [-0.3, -0.25) is 0 Å². The second kappa shape index (κ2) is 3.48. The van der Waals surface area contributed by atoms with Crippen LogP contribution in [0, 0.1) is 6.92 Å². The molecule has 0 aliphatic rings. The Morgan fingerprint density at radius 3 is 2.15 bits per heavy atom. The van der Waals surface area contributed by atoms with Gasteiger partial charge in [-0.05, 0) is 18.6 Å². The topological polar surface area (TPSA) is 34.1 Å². The highest BCUT2D eigenvalue weighted by molar-refractivity contribution is 7.91. The molecule has 0 atom stereocenters. The summed E-state index contributed by atoms with van der Waals surface area (Å²) >= 11 is 11.5. The van der Waals surface area contributed by atoms with E-state index in [2.05, 4.69) is 0 Å². The predicted molar refractivity (Wildman–Crippen MR) is 54.3 cm³/mol. The van der Waals surface area contributed by atoms with Crippen LogP contribution in [0.3, 0.4) is 0 Å². The fourth-order valence-electron chi connectivity index (χ4n) is 0.971. The van der Waals surface area contributed by atoms with Crippen LogP contribution in [0.1, 0.15) is 5.56 Å². The monoisotopic (exact) mass is 238 g/mol. The lowest BCUT2D eigenvalue weighted by molar-refractivity contribution is 0.602. The number of sulfone groups is 1. The van der Waals surface area contributed by atoms with E-state index < -0.39 is 9.84 Å². The maximum atomic E-state index is 11.3. The van der Waals surface area contributed by atoms with Gasteiger partial charge in [-0.2, -0.15) is 0 Å². The molecule has 0 bridgehead atoms. The average molecular weight is 239 g/mol. The highest BCUT2D eigenvalue weighted by Gasteiger charge is 2.17. The van der Waals surface area contributed by atoms with Crippen LogP contribution in [-0.4, -0.2) is 14.7 Å². The molecular weight excluding hydrogens is 231 g/mol. The summed E-state index contributed by atoms with van der Waals surface area (Å²) in [5, 5.41) is 0.369. The van der Waals surface area contributed by atoms with Gasteiger partial charge in [0.1, 0.15) is 4.90 Å². The van der Waals surface area contributed by atoms with Gasteiger partial charge >= 0.3 is 0 Å². The number of hydrogen-bond donors (Lipinski definition) is 0. The number of aryl methyl sites for hydroxylation is 1. The highest BCUT2D eigenvalue weighted by atomic mass is 35.5. The third-order valence-corrected chi connectivity index (χ3v) is 3.80. The van der Waals surface area contributed by atoms with E-state index in [1.807, 2.05) is 0 Å². The molecule has 0 aromatic heterocycles. The summed E-state index contributed by atoms with van der Waals surface area (Å²) < 4.78 is 22.5. The van der Waals surface area contributed by atoms with Crippen LogP contribution in [0.2, 0.25) is 10.0 Å². The molecule has 72 valence electrons. The Hall–Kier alpha value is -0.250. The SMILES string of the molecule is Cc1ccc(Cl)c(S(C)(=O)=O)c1Cl. The number of halogens is 2. The van der Waals surface area contributed by atoms with Gasteiger partial charge in [-0.25, -0.2) is 8.42 Å². The van der Waals surface area contributed by atoms with E-state index in [4.69, 9.17) is 23.2 Å². The largest absolute Gasteiger partial charge is 0.224 e. The quantitative estimate of drug-likeness (QED) is 0.755. The Labute approximate surface area is 87.4 Å². The maximum Gasteiger partial charge on any atom is 0.178 e. The molecule has 0 saturated carbocycles. The molecular formula is C8H8Cl2O2S. The van der Waals surface area contributed by atoms with Crippen molar-refractivity contribution in [1.29, 1.82) is 0 Å². The van der Waals surface area contributed by atoms with Crippen LogP contribution in [0.25, 0.3) is 0 Å². The van der Waals surface area contributed by atoms with Gasteiger partial charge in [0, 0.05) is 6.26 Å². The van der Waals surface area contributed by atoms with Crippen molar-refractivity contribution in [3.63, 3.8) is 0 Å². The summed E-state index contributed by atoms with van der Waals surface area (Å²) in [6, 6.07) is 3.21. The Kier molecular flexibility index (Phi) is 2.90. The third kappa shape index (κ3) is 2.16. The van der Waals surface area contributed by atoms with Crippen molar-refractivity contribution in [2.45, 2.75) is 11.8 Å². The Bertz CT molecular complexity index is 438. The molecule has 0 radical (unpaired) electrons. The van der Waals surface area contributed by atoms with E-state index in [-0.39, 0.29) is 14.9 Å². The summed E-state index contributed by atoms with van der Waals surface area (Å²) in [6.07, 6.45) is 1.08. The van der Waals surface area contributed by atoms with Crippen LogP contribution in [0.4, 0.5) is 0 Å². The zero-order valence-corrected chi connectivity index (χ0v) is 9.46. The van der Waals surface area contributed by atoms with Crippen LogP contribution in [0.5, 0.6) is 0 Å². The van der Waals surface area contributed by atoms with Crippen molar-refractivity contribution in [3.8, 4) is 0 Å². The third-order valence-electron chi connectivity index (χ3n) is 1.61. The lowest BCUT2D eigenvalue weighted by Gasteiger charge is -2.06. The number of rotatable bonds is 1. The first kappa shape index (κ1) is 10.8. The van der Waals surface area contributed by atoms with Gasteiger partial charge in [0.25, 0.3) is 0 Å². The summed E-state index contributed by atoms with van der Waals surface area (Å²) in [4.78, 5) is 0.0100. The van der Waals surface area contributed by atoms with Crippen LogP contribution in [0.15, 0.2) is 17.0 Å². The first-order chi connectivity index (χ1) is 5.84. The normalized spacial score (nSPS) is 11.7. The second-order valence-corrected chi connectivity index (χ2v) is 5.52. The van der Waals surface area contributed by atoms with E-state index >= 15 is 0 Å². The minimum atomic E-state index is -3.35. The molecule has 0 amide bonds. The van der Waals surface area contributed by atoms with Crippen molar-refractivity contribution in [2.75, 3.05) is 6.26 Å². The minimum absolute atomic E-state index is 0.0100. The molecule has 0 aliphatic carbocycles. The summed E-state index contributed by atoms with van der Waals surface area (Å²) in [6.45, 7) is 1.73. The lowest BCUT2D eigenvalue weighted by atomic mass is 10.2. The molecule has 1 aromatic rings. The van der Waals surface area contributed by atoms with Gasteiger partial charge in [-0.15, -0.1) is 0 Å². The molecule has 2 nitrogen and oxygen atoms in total. The molecule has 0 unspecified atom stereocenters. The van der Waals surface area contributed by atoms with Crippen LogP contribution < -0.4 is 0 Å². The number of hydrogen-bond acceptors (Lipinski definition) is 2. The number of benzene rings is 1. The molecule has 0 aliphatic heterocycles. The smallest absolute Gasteiger partial charge is 0.178 e. The second-order valence-electron chi connectivity index (χ2n) is 2.78. The first-order valence-corrected chi connectivity index (χ1v) is 6.13.